The van der Waals surface area contributed by atoms with E-state index >= 15 is 0 Å². The van der Waals surface area contributed by atoms with Crippen LogP contribution in [0.4, 0.5) is 4.79 Å². The first-order valence-electron chi connectivity index (χ1n) is 8.26. The van der Waals surface area contributed by atoms with E-state index in [1.165, 1.54) is 0 Å². The maximum absolute atomic E-state index is 11.8. The number of alkyl carbamates (subject to hydrolysis) is 1. The van der Waals surface area contributed by atoms with Crippen molar-refractivity contribution in [3.05, 3.63) is 0 Å². The monoisotopic (exact) mass is 298 g/mol. The zero-order valence-electron chi connectivity index (χ0n) is 13.6. The van der Waals surface area contributed by atoms with Crippen molar-refractivity contribution in [2.24, 2.45) is 0 Å². The molecule has 0 atom stereocenters. The molecule has 0 spiro atoms. The maximum Gasteiger partial charge on any atom is 0.407 e. The lowest BCUT2D eigenvalue weighted by molar-refractivity contribution is 0.0483. The summed E-state index contributed by atoms with van der Waals surface area (Å²) in [5.74, 6) is 0. The number of hydrogen-bond acceptors (Lipinski definition) is 4. The first-order valence-corrected chi connectivity index (χ1v) is 8.26. The molecule has 5 heteroatoms. The van der Waals surface area contributed by atoms with Crippen LogP contribution in [0.3, 0.4) is 0 Å². The van der Waals surface area contributed by atoms with Crippen LogP contribution in [0, 0.1) is 0 Å². The van der Waals surface area contributed by atoms with E-state index in [0.29, 0.717) is 12.1 Å². The molecule has 1 saturated heterocycles. The van der Waals surface area contributed by atoms with E-state index in [-0.39, 0.29) is 12.1 Å². The Morgan fingerprint density at radius 3 is 2.05 bits per heavy atom. The van der Waals surface area contributed by atoms with E-state index < -0.39 is 5.60 Å². The first kappa shape index (κ1) is 16.6. The zero-order valence-corrected chi connectivity index (χ0v) is 13.6. The van der Waals surface area contributed by atoms with Crippen molar-refractivity contribution < 1.29 is 14.3 Å². The molecule has 122 valence electrons. The van der Waals surface area contributed by atoms with Gasteiger partial charge in [-0.05, 0) is 59.3 Å². The number of rotatable bonds is 3. The van der Waals surface area contributed by atoms with Crippen molar-refractivity contribution in [2.45, 2.75) is 83.0 Å². The lowest BCUT2D eigenvalue weighted by atomic mass is 9.90. The fourth-order valence-electron chi connectivity index (χ4n) is 3.08. The second kappa shape index (κ2) is 7.45. The second-order valence-electron chi connectivity index (χ2n) is 7.25. The van der Waals surface area contributed by atoms with Gasteiger partial charge < -0.3 is 20.1 Å². The molecule has 0 unspecified atom stereocenters. The van der Waals surface area contributed by atoms with Gasteiger partial charge in [-0.3, -0.25) is 0 Å². The highest BCUT2D eigenvalue weighted by molar-refractivity contribution is 5.68. The van der Waals surface area contributed by atoms with Gasteiger partial charge in [-0.1, -0.05) is 0 Å². The average molecular weight is 298 g/mol. The molecule has 2 fully saturated rings. The van der Waals surface area contributed by atoms with Crippen molar-refractivity contribution in [3.63, 3.8) is 0 Å². The van der Waals surface area contributed by atoms with Crippen LogP contribution in [0.25, 0.3) is 0 Å². The standard InChI is InChI=1S/C16H30N2O3/c1-16(2,3)21-15(19)18-13-6-4-12(5-7-13)17-14-8-10-20-11-9-14/h12-14,17H,4-11H2,1-3H3,(H,18,19). The van der Waals surface area contributed by atoms with Crippen molar-refractivity contribution in [2.75, 3.05) is 13.2 Å². The van der Waals surface area contributed by atoms with E-state index in [1.54, 1.807) is 0 Å². The van der Waals surface area contributed by atoms with Crippen molar-refractivity contribution >= 4 is 6.09 Å². The van der Waals surface area contributed by atoms with Crippen molar-refractivity contribution in [3.8, 4) is 0 Å². The Labute approximate surface area is 128 Å². The molecule has 1 aliphatic carbocycles. The first-order chi connectivity index (χ1) is 9.92. The van der Waals surface area contributed by atoms with Crippen LogP contribution >= 0.6 is 0 Å². The predicted molar refractivity (Wildman–Crippen MR) is 82.4 cm³/mol. The summed E-state index contributed by atoms with van der Waals surface area (Å²) in [7, 11) is 0. The Kier molecular flexibility index (Phi) is 5.88. The van der Waals surface area contributed by atoms with Crippen LogP contribution in [0.5, 0.6) is 0 Å². The molecule has 1 saturated carbocycles. The van der Waals surface area contributed by atoms with E-state index in [0.717, 1.165) is 51.7 Å². The number of carbonyl (C=O) groups is 1. The molecule has 0 aromatic carbocycles. The minimum absolute atomic E-state index is 0.257. The minimum Gasteiger partial charge on any atom is -0.444 e. The molecule has 1 amide bonds. The van der Waals surface area contributed by atoms with Crippen LogP contribution in [0.2, 0.25) is 0 Å². The van der Waals surface area contributed by atoms with Gasteiger partial charge in [0.25, 0.3) is 0 Å². The fraction of sp³-hybridized carbons (Fsp3) is 0.938. The van der Waals surface area contributed by atoms with Gasteiger partial charge in [0.2, 0.25) is 0 Å². The molecule has 1 aliphatic heterocycles. The summed E-state index contributed by atoms with van der Waals surface area (Å²) in [6.45, 7) is 7.43. The van der Waals surface area contributed by atoms with Gasteiger partial charge in [-0.25, -0.2) is 4.79 Å². The summed E-state index contributed by atoms with van der Waals surface area (Å²) >= 11 is 0. The fourth-order valence-corrected chi connectivity index (χ4v) is 3.08. The van der Waals surface area contributed by atoms with E-state index in [9.17, 15) is 4.79 Å². The average Bonchev–Trinajstić information content (AvgIpc) is 2.40. The van der Waals surface area contributed by atoms with E-state index in [1.807, 2.05) is 20.8 Å². The SMILES string of the molecule is CC(C)(C)OC(=O)NC1CCC(NC2CCOCC2)CC1. The Morgan fingerprint density at radius 2 is 1.48 bits per heavy atom. The van der Waals surface area contributed by atoms with Gasteiger partial charge in [0, 0.05) is 31.3 Å². The number of carbonyl (C=O) groups excluding carboxylic acids is 1. The van der Waals surface area contributed by atoms with Gasteiger partial charge in [0.05, 0.1) is 0 Å². The summed E-state index contributed by atoms with van der Waals surface area (Å²) < 4.78 is 10.7. The lowest BCUT2D eigenvalue weighted by Crippen LogP contribution is -2.47. The number of amides is 1. The highest BCUT2D eigenvalue weighted by Gasteiger charge is 2.26. The van der Waals surface area contributed by atoms with Gasteiger partial charge in [0.15, 0.2) is 0 Å². The Morgan fingerprint density at radius 1 is 0.952 bits per heavy atom. The third-order valence-corrected chi connectivity index (χ3v) is 4.14. The Balaban J connectivity index is 1.64. The zero-order chi connectivity index (χ0) is 15.3. The molecule has 2 rings (SSSR count). The quantitative estimate of drug-likeness (QED) is 0.841. The molecule has 5 nitrogen and oxygen atoms in total. The van der Waals surface area contributed by atoms with Gasteiger partial charge in [-0.2, -0.15) is 0 Å². The summed E-state index contributed by atoms with van der Waals surface area (Å²) in [4.78, 5) is 11.8. The molecule has 21 heavy (non-hydrogen) atoms. The predicted octanol–water partition coefficient (Wildman–Crippen LogP) is 2.59. The molecule has 0 aromatic rings. The molecule has 0 bridgehead atoms. The highest BCUT2D eigenvalue weighted by Crippen LogP contribution is 2.21. The topological polar surface area (TPSA) is 59.6 Å². The minimum atomic E-state index is -0.425. The van der Waals surface area contributed by atoms with Crippen LogP contribution in [-0.4, -0.2) is 43.0 Å². The Hall–Kier alpha value is -0.810. The van der Waals surface area contributed by atoms with E-state index in [2.05, 4.69) is 10.6 Å². The molecule has 2 N–H and O–H groups in total. The molecule has 0 aromatic heterocycles. The summed E-state index contributed by atoms with van der Waals surface area (Å²) in [6.07, 6.45) is 6.26. The molecular formula is C16H30N2O3. The maximum atomic E-state index is 11.8. The molecular weight excluding hydrogens is 268 g/mol. The number of ether oxygens (including phenoxy) is 2. The van der Waals surface area contributed by atoms with Crippen molar-refractivity contribution in [1.29, 1.82) is 0 Å². The molecule has 1 heterocycles. The summed E-state index contributed by atoms with van der Waals surface area (Å²) in [5.41, 5.74) is -0.425. The smallest absolute Gasteiger partial charge is 0.407 e. The van der Waals surface area contributed by atoms with Crippen LogP contribution in [0.1, 0.15) is 59.3 Å². The lowest BCUT2D eigenvalue weighted by Gasteiger charge is -2.34. The normalized spacial score (nSPS) is 28.1. The molecule has 2 aliphatic rings. The summed E-state index contributed by atoms with van der Waals surface area (Å²) in [5, 5.41) is 6.74. The third-order valence-electron chi connectivity index (χ3n) is 4.14. The molecule has 0 radical (unpaired) electrons. The van der Waals surface area contributed by atoms with Crippen LogP contribution < -0.4 is 10.6 Å². The van der Waals surface area contributed by atoms with Crippen molar-refractivity contribution in [1.82, 2.24) is 10.6 Å². The Bertz CT molecular complexity index is 327. The number of hydrogen-bond donors (Lipinski definition) is 2. The second-order valence-corrected chi connectivity index (χ2v) is 7.25. The number of nitrogens with one attached hydrogen (secondary N) is 2. The van der Waals surface area contributed by atoms with Gasteiger partial charge in [0.1, 0.15) is 5.60 Å². The van der Waals surface area contributed by atoms with Gasteiger partial charge >= 0.3 is 6.09 Å². The van der Waals surface area contributed by atoms with Crippen LogP contribution in [-0.2, 0) is 9.47 Å². The third kappa shape index (κ3) is 6.22. The van der Waals surface area contributed by atoms with Gasteiger partial charge in [-0.15, -0.1) is 0 Å². The van der Waals surface area contributed by atoms with E-state index in [4.69, 9.17) is 9.47 Å². The largest absolute Gasteiger partial charge is 0.444 e. The summed E-state index contributed by atoms with van der Waals surface area (Å²) in [6, 6.07) is 1.46. The van der Waals surface area contributed by atoms with Crippen LogP contribution in [0.15, 0.2) is 0 Å². The highest BCUT2D eigenvalue weighted by atomic mass is 16.6.